The Hall–Kier alpha value is -3.35. The Bertz CT molecular complexity index is 946. The van der Waals surface area contributed by atoms with E-state index in [1.807, 2.05) is 54.6 Å². The number of aliphatic carboxylic acids is 2. The van der Waals surface area contributed by atoms with Crippen molar-refractivity contribution in [2.45, 2.75) is 45.2 Å². The molecule has 0 saturated heterocycles. The van der Waals surface area contributed by atoms with Gasteiger partial charge in [0.2, 0.25) is 0 Å². The fraction of sp³-hybridized carbons (Fsp3) is 0.400. The van der Waals surface area contributed by atoms with Crippen LogP contribution >= 0.6 is 0 Å². The number of hydrogen-bond acceptors (Lipinski definition) is 3. The molecule has 2 N–H and O–H groups in total. The van der Waals surface area contributed by atoms with E-state index >= 15 is 0 Å². The van der Waals surface area contributed by atoms with E-state index in [-0.39, 0.29) is 19.5 Å². The molecule has 0 saturated carbocycles. The van der Waals surface area contributed by atoms with Crippen LogP contribution in [0.3, 0.4) is 0 Å². The van der Waals surface area contributed by atoms with Gasteiger partial charge < -0.3 is 20.0 Å². The molecule has 7 nitrogen and oxygen atoms in total. The van der Waals surface area contributed by atoms with Crippen molar-refractivity contribution in [2.24, 2.45) is 5.92 Å². The molecule has 1 heterocycles. The normalized spacial score (nSPS) is 16.2. The Kier molecular flexibility index (Phi) is 7.87. The van der Waals surface area contributed by atoms with Crippen LogP contribution in [0.25, 0.3) is 0 Å². The van der Waals surface area contributed by atoms with Crippen LogP contribution in [-0.2, 0) is 29.0 Å². The van der Waals surface area contributed by atoms with E-state index in [2.05, 4.69) is 0 Å². The number of carbonyl (C=O) groups excluding carboxylic acids is 1. The van der Waals surface area contributed by atoms with Crippen LogP contribution in [0.2, 0.25) is 0 Å². The zero-order valence-corrected chi connectivity index (χ0v) is 18.3. The molecule has 1 aliphatic heterocycles. The maximum atomic E-state index is 13.3. The summed E-state index contributed by atoms with van der Waals surface area (Å²) < 4.78 is 0. The largest absolute Gasteiger partial charge is 0.481 e. The van der Waals surface area contributed by atoms with E-state index in [0.29, 0.717) is 19.4 Å². The first-order valence-electron chi connectivity index (χ1n) is 11.0. The lowest BCUT2D eigenvalue weighted by Crippen LogP contribution is -2.54. The lowest BCUT2D eigenvalue weighted by Gasteiger charge is -2.38. The van der Waals surface area contributed by atoms with Crippen molar-refractivity contribution in [2.75, 3.05) is 13.1 Å². The van der Waals surface area contributed by atoms with E-state index in [1.165, 1.54) is 9.80 Å². The molecule has 170 valence electrons. The summed E-state index contributed by atoms with van der Waals surface area (Å²) in [6.45, 7) is 2.36. The van der Waals surface area contributed by atoms with Gasteiger partial charge >= 0.3 is 18.0 Å². The molecule has 0 bridgehead atoms. The van der Waals surface area contributed by atoms with Crippen molar-refractivity contribution < 1.29 is 24.6 Å². The Morgan fingerprint density at radius 2 is 1.69 bits per heavy atom. The van der Waals surface area contributed by atoms with Gasteiger partial charge in [-0.3, -0.25) is 4.79 Å². The van der Waals surface area contributed by atoms with Crippen LogP contribution in [0.15, 0.2) is 54.6 Å². The minimum atomic E-state index is -1.05. The number of rotatable bonds is 9. The molecule has 1 aliphatic rings. The topological polar surface area (TPSA) is 98.2 Å². The van der Waals surface area contributed by atoms with Gasteiger partial charge in [0.15, 0.2) is 0 Å². The third-order valence-corrected chi connectivity index (χ3v) is 6.08. The molecular weight excluding hydrogens is 408 g/mol. The van der Waals surface area contributed by atoms with Crippen molar-refractivity contribution in [3.63, 3.8) is 0 Å². The Morgan fingerprint density at radius 1 is 1.03 bits per heavy atom. The summed E-state index contributed by atoms with van der Waals surface area (Å²) in [5, 5.41) is 19.5. The molecule has 0 radical (unpaired) electrons. The summed E-state index contributed by atoms with van der Waals surface area (Å²) in [4.78, 5) is 39.9. The molecule has 2 atom stereocenters. The molecule has 2 amide bonds. The van der Waals surface area contributed by atoms with Crippen molar-refractivity contribution in [1.82, 2.24) is 9.80 Å². The smallest absolute Gasteiger partial charge is 0.326 e. The lowest BCUT2D eigenvalue weighted by molar-refractivity contribution is -0.144. The zero-order valence-electron chi connectivity index (χ0n) is 18.3. The van der Waals surface area contributed by atoms with Crippen LogP contribution in [0, 0.1) is 5.92 Å². The molecule has 32 heavy (non-hydrogen) atoms. The van der Waals surface area contributed by atoms with E-state index in [1.54, 1.807) is 6.92 Å². The first-order valence-corrected chi connectivity index (χ1v) is 11.0. The number of benzene rings is 2. The second-order valence-electron chi connectivity index (χ2n) is 8.19. The van der Waals surface area contributed by atoms with Gasteiger partial charge in [-0.25, -0.2) is 9.59 Å². The van der Waals surface area contributed by atoms with Crippen molar-refractivity contribution >= 4 is 18.0 Å². The fourth-order valence-electron chi connectivity index (χ4n) is 4.22. The molecule has 0 aromatic heterocycles. The maximum Gasteiger partial charge on any atom is 0.326 e. The average Bonchev–Trinajstić information content (AvgIpc) is 2.80. The lowest BCUT2D eigenvalue weighted by atomic mass is 9.94. The number of nitrogens with zero attached hydrogens (tertiary/aromatic N) is 2. The van der Waals surface area contributed by atoms with Gasteiger partial charge in [0.25, 0.3) is 0 Å². The SMILES string of the molecule is CCN(C[C@@H](CCCc1ccccc1)C(=O)O)C(=O)N1Cc2ccccc2C[C@H]1C(=O)O. The van der Waals surface area contributed by atoms with Gasteiger partial charge in [0.1, 0.15) is 6.04 Å². The minimum Gasteiger partial charge on any atom is -0.481 e. The van der Waals surface area contributed by atoms with Crippen LogP contribution in [0.5, 0.6) is 0 Å². The molecule has 0 unspecified atom stereocenters. The summed E-state index contributed by atoms with van der Waals surface area (Å²) in [6, 6.07) is 16.0. The Labute approximate surface area is 188 Å². The highest BCUT2D eigenvalue weighted by Crippen LogP contribution is 2.25. The Morgan fingerprint density at radius 3 is 2.31 bits per heavy atom. The van der Waals surface area contributed by atoms with E-state index < -0.39 is 29.9 Å². The van der Waals surface area contributed by atoms with Gasteiger partial charge in [-0.15, -0.1) is 0 Å². The van der Waals surface area contributed by atoms with Crippen molar-refractivity contribution in [3.05, 3.63) is 71.3 Å². The Balaban J connectivity index is 1.68. The molecule has 7 heteroatoms. The molecule has 0 fully saturated rings. The average molecular weight is 439 g/mol. The molecule has 0 spiro atoms. The number of fused-ring (bicyclic) bond motifs is 1. The summed E-state index contributed by atoms with van der Waals surface area (Å²) >= 11 is 0. The highest BCUT2D eigenvalue weighted by molar-refractivity contribution is 5.84. The van der Waals surface area contributed by atoms with Gasteiger partial charge in [-0.05, 0) is 42.9 Å². The minimum absolute atomic E-state index is 0.0595. The van der Waals surface area contributed by atoms with Crippen LogP contribution in [0.1, 0.15) is 36.5 Å². The first-order chi connectivity index (χ1) is 15.4. The number of carboxylic acids is 2. The summed E-state index contributed by atoms with van der Waals surface area (Å²) in [5.74, 6) is -2.70. The molecule has 3 rings (SSSR count). The van der Waals surface area contributed by atoms with E-state index in [4.69, 9.17) is 0 Å². The monoisotopic (exact) mass is 438 g/mol. The molecule has 2 aromatic rings. The predicted molar refractivity (Wildman–Crippen MR) is 120 cm³/mol. The number of hydrogen-bond donors (Lipinski definition) is 2. The number of amides is 2. The summed E-state index contributed by atoms with van der Waals surface area (Å²) in [6.07, 6.45) is 2.16. The summed E-state index contributed by atoms with van der Waals surface area (Å²) in [5.41, 5.74) is 3.00. The highest BCUT2D eigenvalue weighted by Gasteiger charge is 2.37. The quantitative estimate of drug-likeness (QED) is 0.623. The number of carbonyl (C=O) groups is 3. The van der Waals surface area contributed by atoms with Gasteiger partial charge in [-0.1, -0.05) is 54.6 Å². The second-order valence-corrected chi connectivity index (χ2v) is 8.19. The summed E-state index contributed by atoms with van der Waals surface area (Å²) in [7, 11) is 0. The second kappa shape index (κ2) is 10.8. The molecule has 0 aliphatic carbocycles. The van der Waals surface area contributed by atoms with E-state index in [0.717, 1.165) is 23.1 Å². The predicted octanol–water partition coefficient (Wildman–Crippen LogP) is 3.66. The third kappa shape index (κ3) is 5.66. The van der Waals surface area contributed by atoms with Crippen molar-refractivity contribution in [1.29, 1.82) is 0 Å². The van der Waals surface area contributed by atoms with Gasteiger partial charge in [0, 0.05) is 26.1 Å². The highest BCUT2D eigenvalue weighted by atomic mass is 16.4. The van der Waals surface area contributed by atoms with Crippen LogP contribution in [0.4, 0.5) is 4.79 Å². The third-order valence-electron chi connectivity index (χ3n) is 6.08. The van der Waals surface area contributed by atoms with Crippen molar-refractivity contribution in [3.8, 4) is 0 Å². The van der Waals surface area contributed by atoms with Crippen LogP contribution in [-0.4, -0.2) is 57.1 Å². The fourth-order valence-corrected chi connectivity index (χ4v) is 4.22. The number of urea groups is 1. The standard InChI is InChI=1S/C25H30N2O5/c1-2-26(16-21(23(28)29)14-8-11-18-9-4-3-5-10-18)25(32)27-17-20-13-7-6-12-19(20)15-22(27)24(30)31/h3-7,9-10,12-13,21-22H,2,8,11,14-17H2,1H3,(H,28,29)(H,30,31)/t21-,22+/m1/s1. The maximum absolute atomic E-state index is 13.3. The van der Waals surface area contributed by atoms with Gasteiger partial charge in [0.05, 0.1) is 5.92 Å². The first kappa shape index (κ1) is 23.3. The van der Waals surface area contributed by atoms with Crippen LogP contribution < -0.4 is 0 Å². The number of carboxylic acid groups (broad SMARTS) is 2. The van der Waals surface area contributed by atoms with Gasteiger partial charge in [-0.2, -0.15) is 0 Å². The zero-order chi connectivity index (χ0) is 23.1. The molecule has 2 aromatic carbocycles. The number of aryl methyl sites for hydroxylation is 1. The van der Waals surface area contributed by atoms with E-state index in [9.17, 15) is 24.6 Å². The molecular formula is C25H30N2O5.